The SMILES string of the molecule is C=C(NOCCCCC1COC(C)(C(=O)OC)OC1)c1ccc(CC(C)C)cc1. The Kier molecular flexibility index (Phi) is 9.14. The second-order valence-corrected chi connectivity index (χ2v) is 8.15. The standard InChI is InChI=1S/C23H35NO5/c1-17(2)14-19-9-11-21(12-10-19)18(3)24-29-13-7-6-8-20-15-27-23(4,28-16-20)22(25)26-5/h9-12,17,20,24H,3,6-8,13-16H2,1-2,4-5H3. The molecule has 0 radical (unpaired) electrons. The summed E-state index contributed by atoms with van der Waals surface area (Å²) >= 11 is 0. The molecule has 0 spiro atoms. The van der Waals surface area contributed by atoms with E-state index in [-0.39, 0.29) is 5.92 Å². The third-order valence-corrected chi connectivity index (χ3v) is 5.00. The summed E-state index contributed by atoms with van der Waals surface area (Å²) < 4.78 is 15.8. The predicted octanol–water partition coefficient (Wildman–Crippen LogP) is 4.10. The number of benzene rings is 1. The Morgan fingerprint density at radius 2 is 1.90 bits per heavy atom. The molecule has 0 aliphatic carbocycles. The molecule has 1 saturated heterocycles. The summed E-state index contributed by atoms with van der Waals surface area (Å²) in [5.74, 6) is -0.842. The summed E-state index contributed by atoms with van der Waals surface area (Å²) in [5.41, 5.74) is 6.06. The van der Waals surface area contributed by atoms with Gasteiger partial charge in [0.05, 0.1) is 32.6 Å². The average Bonchev–Trinajstić information content (AvgIpc) is 2.71. The summed E-state index contributed by atoms with van der Waals surface area (Å²) in [7, 11) is 1.33. The minimum Gasteiger partial charge on any atom is -0.465 e. The van der Waals surface area contributed by atoms with Gasteiger partial charge in [-0.2, -0.15) is 0 Å². The van der Waals surface area contributed by atoms with Crippen LogP contribution in [-0.4, -0.2) is 38.7 Å². The van der Waals surface area contributed by atoms with Gasteiger partial charge in [-0.05, 0) is 36.3 Å². The van der Waals surface area contributed by atoms with Crippen molar-refractivity contribution in [3.8, 4) is 0 Å². The van der Waals surface area contributed by atoms with E-state index in [1.54, 1.807) is 6.92 Å². The number of esters is 1. The lowest BCUT2D eigenvalue weighted by Crippen LogP contribution is -2.48. The molecule has 162 valence electrons. The van der Waals surface area contributed by atoms with Crippen molar-refractivity contribution in [2.45, 2.75) is 52.2 Å². The first-order valence-electron chi connectivity index (χ1n) is 10.4. The predicted molar refractivity (Wildman–Crippen MR) is 113 cm³/mol. The van der Waals surface area contributed by atoms with Crippen LogP contribution in [0, 0.1) is 11.8 Å². The van der Waals surface area contributed by atoms with Crippen molar-refractivity contribution in [3.05, 3.63) is 42.0 Å². The second-order valence-electron chi connectivity index (χ2n) is 8.15. The first-order chi connectivity index (χ1) is 13.8. The molecule has 1 aliphatic heterocycles. The van der Waals surface area contributed by atoms with E-state index in [4.69, 9.17) is 19.0 Å². The minimum atomic E-state index is -1.27. The van der Waals surface area contributed by atoms with E-state index in [1.807, 2.05) is 0 Å². The van der Waals surface area contributed by atoms with Gasteiger partial charge in [-0.15, -0.1) is 0 Å². The van der Waals surface area contributed by atoms with Crippen molar-refractivity contribution in [3.63, 3.8) is 0 Å². The van der Waals surface area contributed by atoms with E-state index < -0.39 is 11.8 Å². The zero-order valence-corrected chi connectivity index (χ0v) is 18.2. The molecule has 0 unspecified atom stereocenters. The Balaban J connectivity index is 1.57. The van der Waals surface area contributed by atoms with Gasteiger partial charge < -0.3 is 14.2 Å². The van der Waals surface area contributed by atoms with Crippen molar-refractivity contribution < 1.29 is 23.8 Å². The van der Waals surface area contributed by atoms with Gasteiger partial charge in [0.25, 0.3) is 5.79 Å². The molecular weight excluding hydrogens is 370 g/mol. The van der Waals surface area contributed by atoms with E-state index >= 15 is 0 Å². The van der Waals surface area contributed by atoms with Crippen LogP contribution < -0.4 is 5.48 Å². The van der Waals surface area contributed by atoms with E-state index in [2.05, 4.69) is 50.2 Å². The lowest BCUT2D eigenvalue weighted by atomic mass is 10.0. The van der Waals surface area contributed by atoms with E-state index in [1.165, 1.54) is 12.7 Å². The molecule has 0 saturated carbocycles. The number of carbonyl (C=O) groups is 1. The van der Waals surface area contributed by atoms with Crippen molar-refractivity contribution in [1.29, 1.82) is 0 Å². The second kappa shape index (κ2) is 11.3. The molecule has 29 heavy (non-hydrogen) atoms. The molecule has 0 amide bonds. The van der Waals surface area contributed by atoms with Crippen LogP contribution in [0.5, 0.6) is 0 Å². The lowest BCUT2D eigenvalue weighted by molar-refractivity contribution is -0.272. The highest BCUT2D eigenvalue weighted by molar-refractivity contribution is 5.77. The first-order valence-corrected chi connectivity index (χ1v) is 10.4. The van der Waals surface area contributed by atoms with E-state index in [0.29, 0.717) is 25.7 Å². The maximum absolute atomic E-state index is 11.6. The molecule has 1 aromatic carbocycles. The highest BCUT2D eigenvalue weighted by atomic mass is 16.7. The maximum Gasteiger partial charge on any atom is 0.366 e. The van der Waals surface area contributed by atoms with E-state index in [9.17, 15) is 4.79 Å². The Bertz CT molecular complexity index is 648. The van der Waals surface area contributed by atoms with Gasteiger partial charge in [0.2, 0.25) is 0 Å². The molecule has 6 nitrogen and oxygen atoms in total. The minimum absolute atomic E-state index is 0.278. The topological polar surface area (TPSA) is 66.0 Å². The van der Waals surface area contributed by atoms with Crippen LogP contribution in [0.25, 0.3) is 5.70 Å². The number of unbranched alkanes of at least 4 members (excludes halogenated alkanes) is 1. The van der Waals surface area contributed by atoms with Gasteiger partial charge in [-0.3, -0.25) is 10.3 Å². The summed E-state index contributed by atoms with van der Waals surface area (Å²) in [6.45, 7) is 11.7. The molecule has 2 rings (SSSR count). The summed E-state index contributed by atoms with van der Waals surface area (Å²) in [5, 5.41) is 0. The summed E-state index contributed by atoms with van der Waals surface area (Å²) in [6.07, 6.45) is 3.94. The van der Waals surface area contributed by atoms with Crippen LogP contribution in [0.3, 0.4) is 0 Å². The Morgan fingerprint density at radius 1 is 1.24 bits per heavy atom. The van der Waals surface area contributed by atoms with Gasteiger partial charge in [-0.25, -0.2) is 4.79 Å². The Morgan fingerprint density at radius 3 is 2.48 bits per heavy atom. The summed E-state index contributed by atoms with van der Waals surface area (Å²) in [4.78, 5) is 17.2. The number of nitrogens with one attached hydrogen (secondary N) is 1. The van der Waals surface area contributed by atoms with Crippen LogP contribution in [0.4, 0.5) is 0 Å². The third kappa shape index (κ3) is 7.46. The highest BCUT2D eigenvalue weighted by Gasteiger charge is 2.41. The zero-order chi connectivity index (χ0) is 21.3. The van der Waals surface area contributed by atoms with Crippen molar-refractivity contribution in [2.75, 3.05) is 26.9 Å². The number of rotatable bonds is 11. The number of methoxy groups -OCH3 is 1. The smallest absolute Gasteiger partial charge is 0.366 e. The van der Waals surface area contributed by atoms with Crippen LogP contribution in [-0.2, 0) is 30.3 Å². The van der Waals surface area contributed by atoms with Gasteiger partial charge in [-0.1, -0.05) is 51.1 Å². The average molecular weight is 406 g/mol. The first kappa shape index (κ1) is 23.4. The molecule has 1 aliphatic rings. The van der Waals surface area contributed by atoms with Gasteiger partial charge in [0, 0.05) is 12.8 Å². The molecular formula is C23H35NO5. The number of hydrogen-bond acceptors (Lipinski definition) is 6. The van der Waals surface area contributed by atoms with Crippen molar-refractivity contribution in [1.82, 2.24) is 5.48 Å². The lowest BCUT2D eigenvalue weighted by Gasteiger charge is -2.35. The number of carbonyl (C=O) groups excluding carboxylic acids is 1. The van der Waals surface area contributed by atoms with Crippen LogP contribution >= 0.6 is 0 Å². The number of ether oxygens (including phenoxy) is 3. The molecule has 1 heterocycles. The molecule has 1 aromatic rings. The van der Waals surface area contributed by atoms with E-state index in [0.717, 1.165) is 36.9 Å². The normalized spacial score (nSPS) is 21.8. The van der Waals surface area contributed by atoms with Gasteiger partial charge >= 0.3 is 5.97 Å². The number of hydroxylamine groups is 1. The molecule has 6 heteroatoms. The van der Waals surface area contributed by atoms with Crippen molar-refractivity contribution >= 4 is 11.7 Å². The molecule has 0 aromatic heterocycles. The fraction of sp³-hybridized carbons (Fsp3) is 0.609. The fourth-order valence-corrected chi connectivity index (χ4v) is 3.23. The third-order valence-electron chi connectivity index (χ3n) is 5.00. The molecule has 1 fully saturated rings. The van der Waals surface area contributed by atoms with Crippen molar-refractivity contribution in [2.24, 2.45) is 11.8 Å². The molecule has 0 bridgehead atoms. The number of hydrogen-bond donors (Lipinski definition) is 1. The Hall–Kier alpha value is -1.89. The summed E-state index contributed by atoms with van der Waals surface area (Å²) in [6, 6.07) is 8.42. The monoisotopic (exact) mass is 405 g/mol. The quantitative estimate of drug-likeness (QED) is 0.340. The van der Waals surface area contributed by atoms with Gasteiger partial charge in [0.1, 0.15) is 0 Å². The molecule has 0 atom stereocenters. The molecule has 1 N–H and O–H groups in total. The van der Waals surface area contributed by atoms with Crippen LogP contribution in [0.15, 0.2) is 30.8 Å². The fourth-order valence-electron chi connectivity index (χ4n) is 3.23. The maximum atomic E-state index is 11.6. The zero-order valence-electron chi connectivity index (χ0n) is 18.2. The van der Waals surface area contributed by atoms with Crippen LogP contribution in [0.2, 0.25) is 0 Å². The van der Waals surface area contributed by atoms with Crippen LogP contribution in [0.1, 0.15) is 51.2 Å². The highest BCUT2D eigenvalue weighted by Crippen LogP contribution is 2.25. The largest absolute Gasteiger partial charge is 0.465 e. The Labute approximate surface area is 174 Å². The van der Waals surface area contributed by atoms with Gasteiger partial charge in [0.15, 0.2) is 0 Å².